The van der Waals surface area contributed by atoms with Crippen LogP contribution in [0.3, 0.4) is 0 Å². The Morgan fingerprint density at radius 2 is 2.20 bits per heavy atom. The Hall–Kier alpha value is -1.16. The van der Waals surface area contributed by atoms with Gasteiger partial charge in [-0.15, -0.1) is 0 Å². The maximum Gasteiger partial charge on any atom is 0.252 e. The second kappa shape index (κ2) is 6.35. The zero-order chi connectivity index (χ0) is 11.1. The van der Waals surface area contributed by atoms with Crippen LogP contribution in [-0.2, 0) is 0 Å². The molecule has 0 aromatic heterocycles. The van der Waals surface area contributed by atoms with Crippen LogP contribution in [0, 0.1) is 0 Å². The number of thioether (sulfide) groups is 1. The maximum absolute atomic E-state index is 11.0. The molecule has 2 N–H and O–H groups in total. The minimum Gasteiger partial charge on any atom is -0.492 e. The Kier molecular flexibility index (Phi) is 5.04. The molecule has 1 aromatic rings. The van der Waals surface area contributed by atoms with E-state index in [0.717, 1.165) is 11.5 Å². The molecule has 0 atom stereocenters. The van der Waals surface area contributed by atoms with Gasteiger partial charge >= 0.3 is 0 Å². The second-order valence-electron chi connectivity index (χ2n) is 2.91. The van der Waals surface area contributed by atoms with Gasteiger partial charge in [0.25, 0.3) is 5.91 Å². The average Bonchev–Trinajstić information content (AvgIpc) is 2.25. The molecule has 0 radical (unpaired) electrons. The molecule has 0 unspecified atom stereocenters. The number of nitrogens with two attached hydrogens (primary N) is 1. The topological polar surface area (TPSA) is 52.3 Å². The Labute approximate surface area is 94.0 Å². The van der Waals surface area contributed by atoms with Crippen molar-refractivity contribution in [1.29, 1.82) is 0 Å². The zero-order valence-corrected chi connectivity index (χ0v) is 9.55. The van der Waals surface area contributed by atoms with Crippen LogP contribution in [0.5, 0.6) is 5.75 Å². The fourth-order valence-electron chi connectivity index (χ4n) is 1.15. The predicted octanol–water partition coefficient (Wildman–Crippen LogP) is 1.92. The van der Waals surface area contributed by atoms with Crippen LogP contribution in [0.2, 0.25) is 0 Å². The molecule has 0 aliphatic carbocycles. The van der Waals surface area contributed by atoms with Crippen LogP contribution in [0.1, 0.15) is 17.3 Å². The Balaban J connectivity index is 2.56. The summed E-state index contributed by atoms with van der Waals surface area (Å²) in [5.41, 5.74) is 5.66. The van der Waals surface area contributed by atoms with Gasteiger partial charge in [0, 0.05) is 5.75 Å². The molecule has 0 aliphatic heterocycles. The summed E-state index contributed by atoms with van der Waals surface area (Å²) in [5, 5.41) is 0. The minimum atomic E-state index is -0.450. The lowest BCUT2D eigenvalue weighted by Gasteiger charge is -2.08. The molecule has 1 amide bonds. The summed E-state index contributed by atoms with van der Waals surface area (Å²) in [4.78, 5) is 11.0. The highest BCUT2D eigenvalue weighted by Crippen LogP contribution is 2.17. The number of rotatable bonds is 6. The molecule has 1 rings (SSSR count). The van der Waals surface area contributed by atoms with E-state index in [1.54, 1.807) is 30.0 Å². The number of benzene rings is 1. The van der Waals surface area contributed by atoms with Crippen molar-refractivity contribution in [2.75, 3.05) is 18.1 Å². The van der Waals surface area contributed by atoms with Gasteiger partial charge in [-0.3, -0.25) is 4.79 Å². The number of ether oxygens (including phenoxy) is 1. The standard InChI is InChI=1S/C11H15NO2S/c1-2-15-8-7-14-10-6-4-3-5-9(10)11(12)13/h3-6H,2,7-8H2,1H3,(H2,12,13). The third kappa shape index (κ3) is 3.83. The highest BCUT2D eigenvalue weighted by Gasteiger charge is 2.07. The molecule has 0 aliphatic rings. The van der Waals surface area contributed by atoms with Gasteiger partial charge in [-0.1, -0.05) is 19.1 Å². The highest BCUT2D eigenvalue weighted by molar-refractivity contribution is 7.99. The van der Waals surface area contributed by atoms with Gasteiger partial charge in [0.2, 0.25) is 0 Å². The van der Waals surface area contributed by atoms with Crippen LogP contribution < -0.4 is 10.5 Å². The first kappa shape index (κ1) is 11.9. The largest absolute Gasteiger partial charge is 0.492 e. The van der Waals surface area contributed by atoms with Crippen LogP contribution in [0.15, 0.2) is 24.3 Å². The first-order chi connectivity index (χ1) is 7.25. The van der Waals surface area contributed by atoms with E-state index in [2.05, 4.69) is 6.92 Å². The lowest BCUT2D eigenvalue weighted by molar-refractivity contribution is 0.0996. The van der Waals surface area contributed by atoms with Crippen molar-refractivity contribution in [3.63, 3.8) is 0 Å². The number of para-hydroxylation sites is 1. The minimum absolute atomic E-state index is 0.444. The third-order valence-electron chi connectivity index (χ3n) is 1.84. The van der Waals surface area contributed by atoms with E-state index in [-0.39, 0.29) is 0 Å². The molecule has 0 heterocycles. The third-order valence-corrected chi connectivity index (χ3v) is 2.71. The highest BCUT2D eigenvalue weighted by atomic mass is 32.2. The van der Waals surface area contributed by atoms with Crippen molar-refractivity contribution < 1.29 is 9.53 Å². The predicted molar refractivity (Wildman–Crippen MR) is 63.5 cm³/mol. The SMILES string of the molecule is CCSCCOc1ccccc1C(N)=O. The van der Waals surface area contributed by atoms with Crippen molar-refractivity contribution in [1.82, 2.24) is 0 Å². The zero-order valence-electron chi connectivity index (χ0n) is 8.73. The summed E-state index contributed by atoms with van der Waals surface area (Å²) in [6, 6.07) is 7.03. The van der Waals surface area contributed by atoms with Crippen molar-refractivity contribution in [2.45, 2.75) is 6.92 Å². The molecule has 0 spiro atoms. The van der Waals surface area contributed by atoms with E-state index >= 15 is 0 Å². The summed E-state index contributed by atoms with van der Waals surface area (Å²) in [7, 11) is 0. The van der Waals surface area contributed by atoms with Gasteiger partial charge in [-0.2, -0.15) is 11.8 Å². The summed E-state index contributed by atoms with van der Waals surface area (Å²) >= 11 is 1.80. The molecule has 82 valence electrons. The Bertz CT molecular complexity index is 328. The first-order valence-electron chi connectivity index (χ1n) is 4.85. The summed E-state index contributed by atoms with van der Waals surface area (Å²) in [5.74, 6) is 2.11. The van der Waals surface area contributed by atoms with E-state index in [1.807, 2.05) is 6.07 Å². The van der Waals surface area contributed by atoms with Gasteiger partial charge in [0.1, 0.15) is 5.75 Å². The molecule has 15 heavy (non-hydrogen) atoms. The van der Waals surface area contributed by atoms with E-state index < -0.39 is 5.91 Å². The summed E-state index contributed by atoms with van der Waals surface area (Å²) in [6.07, 6.45) is 0. The Morgan fingerprint density at radius 3 is 2.87 bits per heavy atom. The van der Waals surface area contributed by atoms with Crippen LogP contribution >= 0.6 is 11.8 Å². The molecule has 3 nitrogen and oxygen atoms in total. The smallest absolute Gasteiger partial charge is 0.252 e. The molecule has 4 heteroatoms. The molecule has 0 fully saturated rings. The van der Waals surface area contributed by atoms with Crippen LogP contribution in [0.4, 0.5) is 0 Å². The second-order valence-corrected chi connectivity index (χ2v) is 4.30. The maximum atomic E-state index is 11.0. The fourth-order valence-corrected chi connectivity index (χ4v) is 1.64. The number of carbonyl (C=O) groups excluding carboxylic acids is 1. The number of amides is 1. The monoisotopic (exact) mass is 225 g/mol. The lowest BCUT2D eigenvalue weighted by atomic mass is 10.2. The molecule has 0 saturated heterocycles. The molecule has 1 aromatic carbocycles. The molecular formula is C11H15NO2S. The van der Waals surface area contributed by atoms with E-state index in [1.165, 1.54) is 0 Å². The quantitative estimate of drug-likeness (QED) is 0.752. The van der Waals surface area contributed by atoms with E-state index in [0.29, 0.717) is 17.9 Å². The summed E-state index contributed by atoms with van der Waals surface area (Å²) in [6.45, 7) is 2.70. The van der Waals surface area contributed by atoms with E-state index in [4.69, 9.17) is 10.5 Å². The van der Waals surface area contributed by atoms with Gasteiger partial charge in [-0.25, -0.2) is 0 Å². The average molecular weight is 225 g/mol. The lowest BCUT2D eigenvalue weighted by Crippen LogP contribution is -2.13. The van der Waals surface area contributed by atoms with Gasteiger partial charge in [0.05, 0.1) is 12.2 Å². The first-order valence-corrected chi connectivity index (χ1v) is 6.00. The van der Waals surface area contributed by atoms with Crippen LogP contribution in [-0.4, -0.2) is 24.0 Å². The van der Waals surface area contributed by atoms with Gasteiger partial charge < -0.3 is 10.5 Å². The van der Waals surface area contributed by atoms with Crippen molar-refractivity contribution in [3.05, 3.63) is 29.8 Å². The van der Waals surface area contributed by atoms with Crippen LogP contribution in [0.25, 0.3) is 0 Å². The summed E-state index contributed by atoms with van der Waals surface area (Å²) < 4.78 is 5.48. The van der Waals surface area contributed by atoms with Gasteiger partial charge in [0.15, 0.2) is 0 Å². The van der Waals surface area contributed by atoms with Crippen molar-refractivity contribution >= 4 is 17.7 Å². The normalized spacial score (nSPS) is 9.93. The van der Waals surface area contributed by atoms with E-state index in [9.17, 15) is 4.79 Å². The number of carbonyl (C=O) groups is 1. The number of hydrogen-bond acceptors (Lipinski definition) is 3. The fraction of sp³-hybridized carbons (Fsp3) is 0.364. The van der Waals surface area contributed by atoms with Gasteiger partial charge in [-0.05, 0) is 17.9 Å². The van der Waals surface area contributed by atoms with Crippen molar-refractivity contribution in [2.24, 2.45) is 5.73 Å². The number of primary amides is 1. The molecule has 0 saturated carbocycles. The van der Waals surface area contributed by atoms with Crippen molar-refractivity contribution in [3.8, 4) is 5.75 Å². The molecule has 0 bridgehead atoms. The number of hydrogen-bond donors (Lipinski definition) is 1. The Morgan fingerprint density at radius 1 is 1.47 bits per heavy atom. The molecular weight excluding hydrogens is 210 g/mol.